The minimum absolute atomic E-state index is 0.163. The number of hydrogen-bond acceptors (Lipinski definition) is 5. The van der Waals surface area contributed by atoms with Gasteiger partial charge in [0.2, 0.25) is 10.0 Å². The first-order chi connectivity index (χ1) is 13.5. The van der Waals surface area contributed by atoms with E-state index in [1.807, 2.05) is 0 Å². The van der Waals surface area contributed by atoms with E-state index in [9.17, 15) is 12.8 Å². The van der Waals surface area contributed by atoms with Crippen molar-refractivity contribution in [2.24, 2.45) is 0 Å². The minimum Gasteiger partial charge on any atom is -0.276 e. The van der Waals surface area contributed by atoms with Gasteiger partial charge in [-0.2, -0.15) is 4.31 Å². The summed E-state index contributed by atoms with van der Waals surface area (Å²) in [5.41, 5.74) is 1.07. The summed E-state index contributed by atoms with van der Waals surface area (Å²) in [6.45, 7) is 1.06. The third kappa shape index (κ3) is 3.76. The maximum Gasteiger partial charge on any atom is 0.246 e. The molecule has 28 heavy (non-hydrogen) atoms. The summed E-state index contributed by atoms with van der Waals surface area (Å²) in [6.07, 6.45) is 4.52. The van der Waals surface area contributed by atoms with Crippen molar-refractivity contribution < 1.29 is 12.8 Å². The fourth-order valence-corrected chi connectivity index (χ4v) is 6.07. The van der Waals surface area contributed by atoms with Crippen molar-refractivity contribution in [1.29, 1.82) is 0 Å². The average molecular weight is 441 g/mol. The summed E-state index contributed by atoms with van der Waals surface area (Å²) in [7, 11) is -3.62. The molecule has 0 spiro atoms. The van der Waals surface area contributed by atoms with Crippen LogP contribution >= 0.6 is 23.4 Å². The molecule has 0 amide bonds. The predicted octanol–water partition coefficient (Wildman–Crippen LogP) is 3.99. The molecule has 2 aromatic heterocycles. The van der Waals surface area contributed by atoms with Crippen LogP contribution in [0, 0.1) is 5.82 Å². The first-order valence-corrected chi connectivity index (χ1v) is 11.7. The van der Waals surface area contributed by atoms with Gasteiger partial charge in [0, 0.05) is 30.1 Å². The van der Waals surface area contributed by atoms with E-state index >= 15 is 0 Å². The molecule has 0 bridgehead atoms. The topological polar surface area (TPSA) is 67.6 Å². The van der Waals surface area contributed by atoms with E-state index in [0.717, 1.165) is 24.8 Å². The van der Waals surface area contributed by atoms with Gasteiger partial charge in [0.15, 0.2) is 10.8 Å². The molecule has 1 aliphatic rings. The minimum atomic E-state index is -3.62. The van der Waals surface area contributed by atoms with Crippen LogP contribution in [0.2, 0.25) is 5.02 Å². The highest BCUT2D eigenvalue weighted by atomic mass is 35.5. The molecular weight excluding hydrogens is 423 g/mol. The highest BCUT2D eigenvalue weighted by Crippen LogP contribution is 2.29. The maximum absolute atomic E-state index is 13.2. The molecule has 0 aliphatic carbocycles. The molecule has 3 heterocycles. The lowest BCUT2D eigenvalue weighted by Crippen LogP contribution is -2.35. The molecule has 0 radical (unpaired) electrons. The van der Waals surface area contributed by atoms with Gasteiger partial charge in [0.1, 0.15) is 10.7 Å². The third-order valence-corrected chi connectivity index (χ3v) is 7.94. The Bertz CT molecular complexity index is 1110. The van der Waals surface area contributed by atoms with Crippen molar-refractivity contribution >= 4 is 39.0 Å². The van der Waals surface area contributed by atoms with E-state index in [1.165, 1.54) is 28.2 Å². The van der Waals surface area contributed by atoms with Gasteiger partial charge >= 0.3 is 0 Å². The highest BCUT2D eigenvalue weighted by Gasteiger charge is 2.29. The number of piperidine rings is 1. The first-order valence-electron chi connectivity index (χ1n) is 8.87. The molecule has 1 saturated heterocycles. The van der Waals surface area contributed by atoms with E-state index in [2.05, 4.69) is 10.2 Å². The molecule has 1 fully saturated rings. The van der Waals surface area contributed by atoms with Crippen LogP contribution in [-0.2, 0) is 15.8 Å². The maximum atomic E-state index is 13.2. The molecule has 6 nitrogen and oxygen atoms in total. The Hall–Kier alpha value is -1.68. The lowest BCUT2D eigenvalue weighted by Gasteiger charge is -2.25. The average Bonchev–Trinajstić information content (AvgIpc) is 3.11. The number of rotatable bonds is 5. The van der Waals surface area contributed by atoms with Gasteiger partial charge in [0.25, 0.3) is 0 Å². The van der Waals surface area contributed by atoms with Crippen LogP contribution in [0.25, 0.3) is 5.65 Å². The van der Waals surface area contributed by atoms with Crippen molar-refractivity contribution in [2.75, 3.05) is 13.1 Å². The molecule has 1 aliphatic heterocycles. The largest absolute Gasteiger partial charge is 0.276 e. The Balaban J connectivity index is 1.63. The SMILES string of the molecule is O=S(=O)(c1cccn2c(SCc3ccc(F)cc3Cl)nnc12)N1CCCCC1. The van der Waals surface area contributed by atoms with Crippen molar-refractivity contribution in [3.63, 3.8) is 0 Å². The zero-order valence-electron chi connectivity index (χ0n) is 14.9. The molecule has 0 atom stereocenters. The number of aromatic nitrogens is 3. The molecule has 1 aromatic carbocycles. The number of sulfonamides is 1. The number of fused-ring (bicyclic) bond motifs is 1. The molecule has 148 valence electrons. The fraction of sp³-hybridized carbons (Fsp3) is 0.333. The second-order valence-corrected chi connectivity index (χ2v) is 9.79. The Morgan fingerprint density at radius 2 is 1.93 bits per heavy atom. The van der Waals surface area contributed by atoms with Gasteiger partial charge in [-0.05, 0) is 42.7 Å². The number of thioether (sulfide) groups is 1. The Labute approximate surface area is 171 Å². The molecule has 0 saturated carbocycles. The van der Waals surface area contributed by atoms with E-state index in [0.29, 0.717) is 34.7 Å². The molecule has 10 heteroatoms. The van der Waals surface area contributed by atoms with E-state index in [4.69, 9.17) is 11.6 Å². The molecule has 0 unspecified atom stereocenters. The van der Waals surface area contributed by atoms with Crippen LogP contribution in [0.4, 0.5) is 4.39 Å². The number of benzene rings is 1. The van der Waals surface area contributed by atoms with E-state index in [1.54, 1.807) is 28.8 Å². The predicted molar refractivity (Wildman–Crippen MR) is 107 cm³/mol. The second-order valence-electron chi connectivity index (χ2n) is 6.54. The lowest BCUT2D eigenvalue weighted by molar-refractivity contribution is 0.347. The summed E-state index contributed by atoms with van der Waals surface area (Å²) < 4.78 is 42.5. The smallest absolute Gasteiger partial charge is 0.246 e. The van der Waals surface area contributed by atoms with Gasteiger partial charge in [-0.15, -0.1) is 10.2 Å². The lowest BCUT2D eigenvalue weighted by atomic mass is 10.2. The Morgan fingerprint density at radius 3 is 2.68 bits per heavy atom. The highest BCUT2D eigenvalue weighted by molar-refractivity contribution is 7.98. The van der Waals surface area contributed by atoms with Crippen LogP contribution in [0.3, 0.4) is 0 Å². The van der Waals surface area contributed by atoms with Crippen molar-refractivity contribution in [1.82, 2.24) is 18.9 Å². The molecule has 4 rings (SSSR count). The Kier molecular flexibility index (Phi) is 5.59. The van der Waals surface area contributed by atoms with Gasteiger partial charge in [0.05, 0.1) is 0 Å². The van der Waals surface area contributed by atoms with Crippen LogP contribution in [-0.4, -0.2) is 40.4 Å². The fourth-order valence-electron chi connectivity index (χ4n) is 3.20. The van der Waals surface area contributed by atoms with Gasteiger partial charge in [-0.1, -0.05) is 35.9 Å². The number of halogens is 2. The molecular formula is C18H18ClFN4O2S2. The van der Waals surface area contributed by atoms with Crippen molar-refractivity contribution in [2.45, 2.75) is 35.1 Å². The van der Waals surface area contributed by atoms with Crippen molar-refractivity contribution in [3.8, 4) is 0 Å². The summed E-state index contributed by atoms with van der Waals surface area (Å²) >= 11 is 7.44. The first kappa shape index (κ1) is 19.6. The normalized spacial score (nSPS) is 15.9. The van der Waals surface area contributed by atoms with Crippen molar-refractivity contribution in [3.05, 3.63) is 52.9 Å². The number of pyridine rings is 1. The zero-order chi connectivity index (χ0) is 19.7. The van der Waals surface area contributed by atoms with E-state index < -0.39 is 10.0 Å². The van der Waals surface area contributed by atoms with Gasteiger partial charge < -0.3 is 0 Å². The van der Waals surface area contributed by atoms with Crippen LogP contribution in [0.1, 0.15) is 24.8 Å². The third-order valence-electron chi connectivity index (χ3n) is 4.67. The van der Waals surface area contributed by atoms with Crippen LogP contribution < -0.4 is 0 Å². The summed E-state index contributed by atoms with van der Waals surface area (Å²) in [5.74, 6) is 0.0717. The second kappa shape index (κ2) is 7.98. The van der Waals surface area contributed by atoms with Gasteiger partial charge in [-0.25, -0.2) is 12.8 Å². The number of nitrogens with zero attached hydrogens (tertiary/aromatic N) is 4. The van der Waals surface area contributed by atoms with Crippen LogP contribution in [0.5, 0.6) is 0 Å². The number of hydrogen-bond donors (Lipinski definition) is 0. The van der Waals surface area contributed by atoms with E-state index in [-0.39, 0.29) is 10.7 Å². The summed E-state index contributed by atoms with van der Waals surface area (Å²) in [6, 6.07) is 7.50. The molecule has 0 N–H and O–H groups in total. The Morgan fingerprint density at radius 1 is 1.14 bits per heavy atom. The molecule has 3 aromatic rings. The monoisotopic (exact) mass is 440 g/mol. The quantitative estimate of drug-likeness (QED) is 0.561. The van der Waals surface area contributed by atoms with Crippen LogP contribution in [0.15, 0.2) is 46.6 Å². The summed E-state index contributed by atoms with van der Waals surface area (Å²) in [4.78, 5) is 0.163. The standard InChI is InChI=1S/C18H18ClFN4O2S2/c19-15-11-14(20)7-6-13(15)12-27-18-22-21-17-16(5-4-10-24(17)18)28(25,26)23-8-2-1-3-9-23/h4-7,10-11H,1-3,8-9,12H2. The van der Waals surface area contributed by atoms with Gasteiger partial charge in [-0.3, -0.25) is 4.40 Å². The zero-order valence-corrected chi connectivity index (χ0v) is 17.3. The summed E-state index contributed by atoms with van der Waals surface area (Å²) in [5, 5.41) is 9.16.